The predicted molar refractivity (Wildman–Crippen MR) is 80.3 cm³/mol. The molecule has 7 N–H and O–H groups in total. The second kappa shape index (κ2) is 10.4. The third-order valence-corrected chi connectivity index (χ3v) is 6.84. The summed E-state index contributed by atoms with van der Waals surface area (Å²) in [5, 5.41) is 2.07. The van der Waals surface area contributed by atoms with Crippen LogP contribution in [0.15, 0.2) is 0 Å². The van der Waals surface area contributed by atoms with Gasteiger partial charge in [0.05, 0.1) is 7.11 Å². The van der Waals surface area contributed by atoms with Crippen LogP contribution in [0.25, 0.3) is 0 Å². The van der Waals surface area contributed by atoms with E-state index in [0.29, 0.717) is 13.0 Å². The molecular formula is C8H24N2O9P3+. The molecule has 0 aromatic rings. The zero-order valence-corrected chi connectivity index (χ0v) is 14.9. The van der Waals surface area contributed by atoms with Gasteiger partial charge in [-0.05, 0) is 23.7 Å². The Morgan fingerprint density at radius 2 is 1.64 bits per heavy atom. The molecule has 0 aromatic carbocycles. The summed E-state index contributed by atoms with van der Waals surface area (Å²) in [6.07, 6.45) is 4.11. The summed E-state index contributed by atoms with van der Waals surface area (Å²) in [5.74, 6) is 0. The fourth-order valence-electron chi connectivity index (χ4n) is 1.37. The Bertz CT molecular complexity index is 408. The quantitative estimate of drug-likeness (QED) is 0.197. The van der Waals surface area contributed by atoms with Gasteiger partial charge in [0.1, 0.15) is 0 Å². The minimum atomic E-state index is -5.19. The van der Waals surface area contributed by atoms with Crippen LogP contribution in [0.5, 0.6) is 0 Å². The second-order valence-corrected chi connectivity index (χ2v) is 9.24. The highest BCUT2D eigenvalue weighted by Crippen LogP contribution is 2.69. The van der Waals surface area contributed by atoms with Crippen molar-refractivity contribution in [3.05, 3.63) is 0 Å². The van der Waals surface area contributed by atoms with Crippen molar-refractivity contribution in [2.75, 3.05) is 20.2 Å². The zero-order chi connectivity index (χ0) is 17.3. The number of unbranched alkanes of at least 4 members (excludes halogenated alkanes) is 4. The average Bonchev–Trinajstić information content (AvgIpc) is 2.35. The first-order valence-electron chi connectivity index (χ1n) is 6.47. The fraction of sp³-hybridized carbons (Fsp3) is 1.00. The maximum Gasteiger partial charge on any atom is 0.580 e. The van der Waals surface area contributed by atoms with Gasteiger partial charge >= 0.3 is 23.7 Å². The fourth-order valence-corrected chi connectivity index (χ4v) is 4.89. The molecule has 0 saturated heterocycles. The minimum Gasteiger partial charge on any atom is -0.330 e. The Morgan fingerprint density at radius 3 is 2.18 bits per heavy atom. The summed E-state index contributed by atoms with van der Waals surface area (Å²) in [6.45, 7) is 0.685. The van der Waals surface area contributed by atoms with Gasteiger partial charge in [-0.1, -0.05) is 19.3 Å². The van der Waals surface area contributed by atoms with Gasteiger partial charge in [-0.15, -0.1) is 0 Å². The van der Waals surface area contributed by atoms with Crippen LogP contribution in [0.3, 0.4) is 0 Å². The Kier molecular flexibility index (Phi) is 10.7. The van der Waals surface area contributed by atoms with Crippen molar-refractivity contribution in [1.82, 2.24) is 5.09 Å². The van der Waals surface area contributed by atoms with E-state index in [2.05, 4.69) is 18.2 Å². The topological polar surface area (TPSA) is 181 Å². The van der Waals surface area contributed by atoms with Crippen LogP contribution >= 0.6 is 23.7 Å². The molecule has 0 fully saturated rings. The van der Waals surface area contributed by atoms with Crippen molar-refractivity contribution in [2.24, 2.45) is 5.73 Å². The molecule has 0 aliphatic heterocycles. The maximum atomic E-state index is 11.5. The molecule has 0 aromatic heterocycles. The molecule has 0 aliphatic rings. The lowest BCUT2D eigenvalue weighted by molar-refractivity contribution is 0.171. The Hall–Kier alpha value is 0.530. The molecule has 2 unspecified atom stereocenters. The highest BCUT2D eigenvalue weighted by Gasteiger charge is 2.50. The minimum absolute atomic E-state index is 0.0687. The van der Waals surface area contributed by atoms with Crippen molar-refractivity contribution >= 4 is 23.7 Å². The van der Waals surface area contributed by atoms with Gasteiger partial charge in [-0.25, -0.2) is 14.2 Å². The molecule has 22 heavy (non-hydrogen) atoms. The van der Waals surface area contributed by atoms with Crippen molar-refractivity contribution in [2.45, 2.75) is 32.1 Å². The number of nitrogens with one attached hydrogen (secondary N) is 1. The molecule has 11 nitrogen and oxygen atoms in total. The van der Waals surface area contributed by atoms with Crippen LogP contribution < -0.4 is 10.8 Å². The monoisotopic (exact) mass is 385 g/mol. The normalized spacial score (nSPS) is 17.9. The molecule has 0 heterocycles. The van der Waals surface area contributed by atoms with Crippen LogP contribution in [0, 0.1) is 0 Å². The SMILES string of the molecule is CO[P+](O)(O)OP(=O)(O)OP(=O)(O)NCCCCCCCN. The molecule has 14 heteroatoms. The van der Waals surface area contributed by atoms with Crippen LogP contribution in [0.4, 0.5) is 0 Å². The number of phosphoric acid groups is 1. The molecule has 0 spiro atoms. The molecule has 0 aliphatic carbocycles. The second-order valence-electron chi connectivity index (χ2n) is 4.29. The van der Waals surface area contributed by atoms with E-state index in [1.165, 1.54) is 0 Å². The lowest BCUT2D eigenvalue weighted by Crippen LogP contribution is -2.13. The smallest absolute Gasteiger partial charge is 0.330 e. The van der Waals surface area contributed by atoms with Crippen molar-refractivity contribution in [1.29, 1.82) is 0 Å². The maximum absolute atomic E-state index is 11.5. The third kappa shape index (κ3) is 12.0. The molecular weight excluding hydrogens is 361 g/mol. The Balaban J connectivity index is 4.12. The van der Waals surface area contributed by atoms with Gasteiger partial charge in [0.2, 0.25) is 0 Å². The first-order chi connectivity index (χ1) is 10.0. The lowest BCUT2D eigenvalue weighted by atomic mass is 10.1. The van der Waals surface area contributed by atoms with E-state index in [0.717, 1.165) is 32.8 Å². The Labute approximate surface area is 129 Å². The summed E-state index contributed by atoms with van der Waals surface area (Å²) in [4.78, 5) is 36.5. The molecule has 0 bridgehead atoms. The first kappa shape index (κ1) is 22.5. The number of rotatable bonds is 13. The molecule has 0 rings (SSSR count). The molecule has 0 radical (unpaired) electrons. The average molecular weight is 385 g/mol. The summed E-state index contributed by atoms with van der Waals surface area (Å²) >= 11 is 0. The standard InChI is InChI=1S/C8H23N2O9P3/c1-17-21(13,14)19-22(15,16)18-20(11,12)10-8-6-4-2-3-5-7-9/h13-14H,2-9H2,1H3,(H2-,10,11,12,15,16)/p+1. The molecule has 0 saturated carbocycles. The van der Waals surface area contributed by atoms with Gasteiger partial charge in [0.25, 0.3) is 0 Å². The van der Waals surface area contributed by atoms with Gasteiger partial charge in [0.15, 0.2) is 0 Å². The number of nitrogens with two attached hydrogens (primary N) is 1. The van der Waals surface area contributed by atoms with E-state index < -0.39 is 23.7 Å². The van der Waals surface area contributed by atoms with E-state index in [4.69, 9.17) is 15.5 Å². The third-order valence-electron chi connectivity index (χ3n) is 2.35. The summed E-state index contributed by atoms with van der Waals surface area (Å²) < 4.78 is 34.8. The van der Waals surface area contributed by atoms with E-state index in [1.54, 1.807) is 0 Å². The summed E-state index contributed by atoms with van der Waals surface area (Å²) in [6, 6.07) is 0. The highest BCUT2D eigenvalue weighted by atomic mass is 31.3. The predicted octanol–water partition coefficient (Wildman–Crippen LogP) is 1.03. The van der Waals surface area contributed by atoms with Gasteiger partial charge in [-0.3, -0.25) is 4.89 Å². The molecule has 134 valence electrons. The van der Waals surface area contributed by atoms with E-state index >= 15 is 0 Å². The van der Waals surface area contributed by atoms with Gasteiger partial charge < -0.3 is 10.6 Å². The van der Waals surface area contributed by atoms with Gasteiger partial charge in [-0.2, -0.15) is 18.6 Å². The van der Waals surface area contributed by atoms with Crippen molar-refractivity contribution in [3.8, 4) is 0 Å². The lowest BCUT2D eigenvalue weighted by Gasteiger charge is -2.16. The number of hydrogen-bond donors (Lipinski definition) is 6. The van der Waals surface area contributed by atoms with Crippen LogP contribution in [0.1, 0.15) is 32.1 Å². The van der Waals surface area contributed by atoms with Gasteiger partial charge in [0, 0.05) is 6.54 Å². The zero-order valence-electron chi connectivity index (χ0n) is 12.2. The largest absolute Gasteiger partial charge is 0.580 e. The van der Waals surface area contributed by atoms with E-state index in [-0.39, 0.29) is 6.54 Å². The van der Waals surface area contributed by atoms with Crippen LogP contribution in [-0.4, -0.2) is 39.8 Å². The van der Waals surface area contributed by atoms with E-state index in [9.17, 15) is 18.9 Å². The summed E-state index contributed by atoms with van der Waals surface area (Å²) in [5.41, 5.74) is 5.34. The van der Waals surface area contributed by atoms with Crippen LogP contribution in [0.2, 0.25) is 0 Å². The number of hydrogen-bond acceptors (Lipinski definition) is 8. The van der Waals surface area contributed by atoms with Crippen LogP contribution in [-0.2, 0) is 22.3 Å². The van der Waals surface area contributed by atoms with E-state index in [1.807, 2.05) is 0 Å². The van der Waals surface area contributed by atoms with Crippen molar-refractivity contribution in [3.63, 3.8) is 0 Å². The molecule has 0 amide bonds. The molecule has 2 atom stereocenters. The first-order valence-corrected chi connectivity index (χ1v) is 11.1. The van der Waals surface area contributed by atoms with Crippen molar-refractivity contribution < 1.29 is 41.8 Å². The Morgan fingerprint density at radius 1 is 1.09 bits per heavy atom. The highest BCUT2D eigenvalue weighted by molar-refractivity contribution is 7.69. The summed E-state index contributed by atoms with van der Waals surface area (Å²) in [7, 11) is -13.6.